The fourth-order valence-corrected chi connectivity index (χ4v) is 4.40. The van der Waals surface area contributed by atoms with E-state index in [2.05, 4.69) is 4.98 Å². The molecule has 0 bridgehead atoms. The number of nitrogens with zero attached hydrogens (tertiary/aromatic N) is 4. The van der Waals surface area contributed by atoms with Gasteiger partial charge in [-0.15, -0.1) is 0 Å². The third kappa shape index (κ3) is 3.28. The number of aromatic nitrogens is 1. The minimum Gasteiger partial charge on any atom is -0.477 e. The largest absolute Gasteiger partial charge is 0.477 e. The van der Waals surface area contributed by atoms with E-state index in [0.29, 0.717) is 39.0 Å². The smallest absolute Gasteiger partial charge is 0.354 e. The van der Waals surface area contributed by atoms with Crippen LogP contribution in [-0.2, 0) is 11.3 Å². The van der Waals surface area contributed by atoms with Crippen molar-refractivity contribution in [3.63, 3.8) is 0 Å². The van der Waals surface area contributed by atoms with Crippen LogP contribution in [0.3, 0.4) is 0 Å². The van der Waals surface area contributed by atoms with E-state index in [1.165, 1.54) is 11.1 Å². The molecule has 0 atom stereocenters. The van der Waals surface area contributed by atoms with Gasteiger partial charge in [0, 0.05) is 38.1 Å². The predicted octanol–water partition coefficient (Wildman–Crippen LogP) is 2.60. The molecule has 1 aromatic heterocycles. The second kappa shape index (κ2) is 7.78. The Morgan fingerprint density at radius 2 is 1.83 bits per heavy atom. The van der Waals surface area contributed by atoms with Gasteiger partial charge in [0.2, 0.25) is 0 Å². The molecule has 3 heterocycles. The molecule has 8 heteroatoms. The van der Waals surface area contributed by atoms with Crippen LogP contribution in [0, 0.1) is 0 Å². The number of carbonyl (C=O) groups excluding carboxylic acids is 2. The van der Waals surface area contributed by atoms with Crippen LogP contribution < -0.4 is 4.90 Å². The van der Waals surface area contributed by atoms with Gasteiger partial charge in [0.1, 0.15) is 11.2 Å². The lowest BCUT2D eigenvalue weighted by Crippen LogP contribution is -2.56. The average molecular weight is 408 g/mol. The SMILES string of the molecule is CCN1C(=O)N(Cc2ccccc2)C2(CCN(c3ccnc(C(=O)O)c3)CC2)C1=O. The van der Waals surface area contributed by atoms with E-state index in [-0.39, 0.29) is 17.6 Å². The molecule has 4 rings (SSSR count). The first-order chi connectivity index (χ1) is 14.5. The summed E-state index contributed by atoms with van der Waals surface area (Å²) in [5.74, 6) is -1.21. The third-order valence-corrected chi connectivity index (χ3v) is 6.04. The van der Waals surface area contributed by atoms with Gasteiger partial charge >= 0.3 is 12.0 Å². The van der Waals surface area contributed by atoms with Gasteiger partial charge in [-0.25, -0.2) is 14.6 Å². The van der Waals surface area contributed by atoms with Crippen LogP contribution in [0.15, 0.2) is 48.7 Å². The molecule has 30 heavy (non-hydrogen) atoms. The molecule has 2 aromatic rings. The number of carboxylic acids is 1. The first kappa shape index (κ1) is 19.9. The van der Waals surface area contributed by atoms with Gasteiger partial charge < -0.3 is 14.9 Å². The molecule has 0 aliphatic carbocycles. The van der Waals surface area contributed by atoms with Crippen LogP contribution in [0.2, 0.25) is 0 Å². The normalized spacial score (nSPS) is 18.4. The van der Waals surface area contributed by atoms with Crippen molar-refractivity contribution in [2.24, 2.45) is 0 Å². The van der Waals surface area contributed by atoms with E-state index in [4.69, 9.17) is 0 Å². The quantitative estimate of drug-likeness (QED) is 0.765. The minimum absolute atomic E-state index is 0.0113. The molecule has 1 N–H and O–H groups in total. The minimum atomic E-state index is -1.07. The fraction of sp³-hybridized carbons (Fsp3) is 0.364. The van der Waals surface area contributed by atoms with Crippen molar-refractivity contribution in [1.29, 1.82) is 0 Å². The molecule has 0 unspecified atom stereocenters. The van der Waals surface area contributed by atoms with Crippen LogP contribution in [0.5, 0.6) is 0 Å². The van der Waals surface area contributed by atoms with E-state index >= 15 is 0 Å². The number of pyridine rings is 1. The molecule has 0 radical (unpaired) electrons. The van der Waals surface area contributed by atoms with Crippen LogP contribution in [0.25, 0.3) is 0 Å². The van der Waals surface area contributed by atoms with Crippen LogP contribution in [0.4, 0.5) is 10.5 Å². The Morgan fingerprint density at radius 1 is 1.13 bits per heavy atom. The number of likely N-dealkylation sites (N-methyl/N-ethyl adjacent to an activating group) is 1. The number of amides is 3. The van der Waals surface area contributed by atoms with Crippen molar-refractivity contribution < 1.29 is 19.5 Å². The Hall–Kier alpha value is -3.42. The number of carbonyl (C=O) groups is 3. The maximum absolute atomic E-state index is 13.3. The number of aromatic carboxylic acids is 1. The molecule has 2 saturated heterocycles. The summed E-state index contributed by atoms with van der Waals surface area (Å²) in [4.78, 5) is 46.5. The van der Waals surface area contributed by atoms with Gasteiger partial charge in [0.05, 0.1) is 0 Å². The summed E-state index contributed by atoms with van der Waals surface area (Å²) in [6, 6.07) is 12.8. The zero-order chi connectivity index (χ0) is 21.3. The lowest BCUT2D eigenvalue weighted by Gasteiger charge is -2.43. The molecule has 156 valence electrons. The first-order valence-corrected chi connectivity index (χ1v) is 10.1. The number of hydrogen-bond acceptors (Lipinski definition) is 5. The Kier molecular flexibility index (Phi) is 5.15. The molecule has 1 aromatic carbocycles. The van der Waals surface area contributed by atoms with Crippen molar-refractivity contribution in [2.45, 2.75) is 31.8 Å². The zero-order valence-corrected chi connectivity index (χ0v) is 16.8. The molecule has 3 amide bonds. The summed E-state index contributed by atoms with van der Waals surface area (Å²) in [5, 5.41) is 9.19. The first-order valence-electron chi connectivity index (χ1n) is 10.1. The second-order valence-corrected chi connectivity index (χ2v) is 7.63. The number of urea groups is 1. The highest BCUT2D eigenvalue weighted by Crippen LogP contribution is 2.39. The predicted molar refractivity (Wildman–Crippen MR) is 110 cm³/mol. The number of imide groups is 1. The Bertz CT molecular complexity index is 970. The average Bonchev–Trinajstić information content (AvgIpc) is 2.96. The molecule has 2 aliphatic heterocycles. The maximum atomic E-state index is 13.3. The molecule has 1 spiro atoms. The van der Waals surface area contributed by atoms with Crippen molar-refractivity contribution in [3.8, 4) is 0 Å². The van der Waals surface area contributed by atoms with Crippen molar-refractivity contribution >= 4 is 23.6 Å². The van der Waals surface area contributed by atoms with Gasteiger partial charge in [-0.1, -0.05) is 30.3 Å². The van der Waals surface area contributed by atoms with E-state index in [1.54, 1.807) is 17.0 Å². The highest BCUT2D eigenvalue weighted by Gasteiger charge is 2.57. The van der Waals surface area contributed by atoms with Crippen molar-refractivity contribution in [3.05, 3.63) is 59.9 Å². The molecule has 8 nitrogen and oxygen atoms in total. The lowest BCUT2D eigenvalue weighted by molar-refractivity contribution is -0.134. The second-order valence-electron chi connectivity index (χ2n) is 7.63. The topological polar surface area (TPSA) is 94.1 Å². The van der Waals surface area contributed by atoms with Gasteiger partial charge in [0.15, 0.2) is 0 Å². The van der Waals surface area contributed by atoms with Gasteiger partial charge in [-0.3, -0.25) is 9.69 Å². The third-order valence-electron chi connectivity index (χ3n) is 6.04. The summed E-state index contributed by atoms with van der Waals surface area (Å²) in [6.07, 6.45) is 2.46. The Labute approximate surface area is 174 Å². The summed E-state index contributed by atoms with van der Waals surface area (Å²) in [6.45, 7) is 3.64. The van der Waals surface area contributed by atoms with Crippen LogP contribution in [0.1, 0.15) is 35.8 Å². The summed E-state index contributed by atoms with van der Waals surface area (Å²) >= 11 is 0. The fourth-order valence-electron chi connectivity index (χ4n) is 4.40. The molecular formula is C22H24N4O4. The van der Waals surface area contributed by atoms with Gasteiger partial charge in [-0.2, -0.15) is 0 Å². The van der Waals surface area contributed by atoms with Crippen molar-refractivity contribution in [1.82, 2.24) is 14.8 Å². The van der Waals surface area contributed by atoms with Crippen molar-refractivity contribution in [2.75, 3.05) is 24.5 Å². The number of carboxylic acid groups (broad SMARTS) is 1. The summed E-state index contributed by atoms with van der Waals surface area (Å²) in [5.41, 5.74) is 0.875. The highest BCUT2D eigenvalue weighted by molar-refractivity contribution is 6.07. The number of benzene rings is 1. The van der Waals surface area contributed by atoms with Crippen LogP contribution >= 0.6 is 0 Å². The van der Waals surface area contributed by atoms with Gasteiger partial charge in [-0.05, 0) is 37.5 Å². The number of hydrogen-bond donors (Lipinski definition) is 1. The Balaban J connectivity index is 1.59. The number of anilines is 1. The summed E-state index contributed by atoms with van der Waals surface area (Å²) in [7, 11) is 0. The van der Waals surface area contributed by atoms with E-state index in [9.17, 15) is 19.5 Å². The van der Waals surface area contributed by atoms with Gasteiger partial charge in [0.25, 0.3) is 5.91 Å². The number of rotatable bonds is 5. The monoisotopic (exact) mass is 408 g/mol. The van der Waals surface area contributed by atoms with E-state index < -0.39 is 11.5 Å². The molecule has 0 saturated carbocycles. The lowest BCUT2D eigenvalue weighted by atomic mass is 9.85. The maximum Gasteiger partial charge on any atom is 0.354 e. The molecular weight excluding hydrogens is 384 g/mol. The Morgan fingerprint density at radius 3 is 2.47 bits per heavy atom. The number of piperidine rings is 1. The zero-order valence-electron chi connectivity index (χ0n) is 16.8. The molecule has 2 aliphatic rings. The standard InChI is InChI=1S/C22H24N4O4/c1-2-25-20(29)22(26(21(25)30)15-16-6-4-3-5-7-16)9-12-24(13-10-22)17-8-11-23-18(14-17)19(27)28/h3-8,11,14H,2,9-10,12-13,15H2,1H3,(H,27,28). The highest BCUT2D eigenvalue weighted by atomic mass is 16.4. The van der Waals surface area contributed by atoms with Crippen LogP contribution in [-0.4, -0.2) is 63.0 Å². The van der Waals surface area contributed by atoms with E-state index in [1.807, 2.05) is 42.2 Å². The van der Waals surface area contributed by atoms with E-state index in [0.717, 1.165) is 11.3 Å². The summed E-state index contributed by atoms with van der Waals surface area (Å²) < 4.78 is 0. The molecule has 2 fully saturated rings.